The number of allylic oxidation sites excluding steroid dienone is 1. The summed E-state index contributed by atoms with van der Waals surface area (Å²) in [4.78, 5) is 14.9. The molecule has 1 aromatic carbocycles. The molecule has 1 aromatic rings. The van der Waals surface area contributed by atoms with E-state index in [-0.39, 0.29) is 17.5 Å². The van der Waals surface area contributed by atoms with Crippen molar-refractivity contribution in [1.82, 2.24) is 10.6 Å². The van der Waals surface area contributed by atoms with E-state index < -0.39 is 11.7 Å². The van der Waals surface area contributed by atoms with Gasteiger partial charge in [0.25, 0.3) is 0 Å². The molecule has 1 fully saturated rings. The second kappa shape index (κ2) is 11.1. The highest BCUT2D eigenvalue weighted by molar-refractivity contribution is 5.77. The van der Waals surface area contributed by atoms with Crippen LogP contribution in [0.1, 0.15) is 76.3 Å². The number of carbonyl (C=O) groups is 1. The number of anilines is 1. The molecule has 0 saturated heterocycles. The predicted molar refractivity (Wildman–Crippen MR) is 124 cm³/mol. The van der Waals surface area contributed by atoms with E-state index in [1.54, 1.807) is 6.92 Å². The Kier molecular flexibility index (Phi) is 9.05. The zero-order valence-corrected chi connectivity index (χ0v) is 19.9. The van der Waals surface area contributed by atoms with Crippen LogP contribution in [0, 0.1) is 12.3 Å². The Morgan fingerprint density at radius 3 is 2.41 bits per heavy atom. The van der Waals surface area contributed by atoms with Crippen molar-refractivity contribution >= 4 is 11.6 Å². The van der Waals surface area contributed by atoms with Crippen LogP contribution in [0.5, 0.6) is 0 Å². The van der Waals surface area contributed by atoms with Crippen molar-refractivity contribution in [2.45, 2.75) is 84.5 Å². The zero-order chi connectivity index (χ0) is 23.9. The molecule has 0 aromatic heterocycles. The normalized spacial score (nSPS) is 16.8. The number of alkyl halides is 3. The lowest BCUT2D eigenvalue weighted by atomic mass is 9.71. The minimum Gasteiger partial charge on any atom is -0.388 e. The largest absolute Gasteiger partial charge is 0.416 e. The lowest BCUT2D eigenvalue weighted by Crippen LogP contribution is -2.49. The highest BCUT2D eigenvalue weighted by Crippen LogP contribution is 2.39. The molecule has 0 radical (unpaired) electrons. The third kappa shape index (κ3) is 6.91. The molecule has 7 heteroatoms. The van der Waals surface area contributed by atoms with Crippen molar-refractivity contribution in [3.63, 3.8) is 0 Å². The number of hydrogen-bond acceptors (Lipinski definition) is 3. The monoisotopic (exact) mass is 453 g/mol. The van der Waals surface area contributed by atoms with Crippen LogP contribution in [-0.2, 0) is 11.0 Å². The summed E-state index contributed by atoms with van der Waals surface area (Å²) < 4.78 is 39.0. The molecule has 1 aliphatic rings. The number of hydrogen-bond donors (Lipinski definition) is 2. The van der Waals surface area contributed by atoms with Gasteiger partial charge in [0, 0.05) is 31.4 Å². The molecule has 1 saturated carbocycles. The van der Waals surface area contributed by atoms with E-state index in [9.17, 15) is 18.0 Å². The van der Waals surface area contributed by atoms with E-state index in [2.05, 4.69) is 24.1 Å². The van der Waals surface area contributed by atoms with Crippen LogP contribution in [0.25, 0.3) is 0 Å². The average Bonchev–Trinajstić information content (AvgIpc) is 2.75. The maximum absolute atomic E-state index is 13.1. The molecule has 0 bridgehead atoms. The van der Waals surface area contributed by atoms with E-state index in [0.29, 0.717) is 24.1 Å². The first kappa shape index (κ1) is 26.1. The molecule has 0 heterocycles. The fourth-order valence-corrected chi connectivity index (χ4v) is 4.60. The van der Waals surface area contributed by atoms with Crippen molar-refractivity contribution in [3.8, 4) is 0 Å². The molecule has 4 nitrogen and oxygen atoms in total. The first-order valence-electron chi connectivity index (χ1n) is 11.6. The van der Waals surface area contributed by atoms with Crippen LogP contribution < -0.4 is 15.5 Å². The summed E-state index contributed by atoms with van der Waals surface area (Å²) in [6.45, 7) is 10.5. The van der Waals surface area contributed by atoms with E-state index in [1.165, 1.54) is 12.5 Å². The second-order valence-electron chi connectivity index (χ2n) is 9.15. The predicted octanol–water partition coefficient (Wildman–Crippen LogP) is 6.16. The van der Waals surface area contributed by atoms with Crippen LogP contribution in [0.3, 0.4) is 0 Å². The number of halogens is 3. The fraction of sp³-hybridized carbons (Fsp3) is 0.640. The molecule has 1 aliphatic carbocycles. The topological polar surface area (TPSA) is 44.4 Å². The van der Waals surface area contributed by atoms with Gasteiger partial charge in [-0.1, -0.05) is 39.7 Å². The average molecular weight is 454 g/mol. The van der Waals surface area contributed by atoms with Crippen LogP contribution in [0.2, 0.25) is 0 Å². The van der Waals surface area contributed by atoms with Crippen molar-refractivity contribution < 1.29 is 18.0 Å². The lowest BCUT2D eigenvalue weighted by molar-refractivity contribution is -0.137. The molecular formula is C25H38F3N3O. The van der Waals surface area contributed by atoms with E-state index >= 15 is 0 Å². The molecular weight excluding hydrogens is 415 g/mol. The SMILES string of the molecule is C=C(CC)NCC1(CC(=O)NC(CC)N(C)c2ccc(C(F)(F)F)cc2C)CCCCC1. The van der Waals surface area contributed by atoms with Crippen LogP contribution >= 0.6 is 0 Å². The number of aryl methyl sites for hydroxylation is 1. The quantitative estimate of drug-likeness (QED) is 0.417. The van der Waals surface area contributed by atoms with E-state index in [4.69, 9.17) is 0 Å². The van der Waals surface area contributed by atoms with E-state index in [1.807, 2.05) is 18.9 Å². The van der Waals surface area contributed by atoms with Gasteiger partial charge >= 0.3 is 6.18 Å². The fourth-order valence-electron chi connectivity index (χ4n) is 4.60. The van der Waals surface area contributed by atoms with Gasteiger partial charge in [0.05, 0.1) is 5.56 Å². The Bertz CT molecular complexity index is 785. The minimum absolute atomic E-state index is 0.0147. The molecule has 0 spiro atoms. The van der Waals surface area contributed by atoms with Gasteiger partial charge in [-0.2, -0.15) is 13.2 Å². The van der Waals surface area contributed by atoms with Gasteiger partial charge in [0.15, 0.2) is 0 Å². The van der Waals surface area contributed by atoms with Crippen molar-refractivity contribution in [2.75, 3.05) is 18.5 Å². The minimum atomic E-state index is -4.37. The molecule has 1 atom stereocenters. The molecule has 32 heavy (non-hydrogen) atoms. The van der Waals surface area contributed by atoms with Gasteiger partial charge in [0.2, 0.25) is 5.91 Å². The number of rotatable bonds is 10. The maximum Gasteiger partial charge on any atom is 0.416 e. The Hall–Kier alpha value is -2.18. The van der Waals surface area contributed by atoms with Crippen molar-refractivity contribution in [1.29, 1.82) is 0 Å². The van der Waals surface area contributed by atoms with Crippen molar-refractivity contribution in [3.05, 3.63) is 41.6 Å². The Balaban J connectivity index is 2.09. The summed E-state index contributed by atoms with van der Waals surface area (Å²) >= 11 is 0. The van der Waals surface area contributed by atoms with E-state index in [0.717, 1.165) is 56.5 Å². The van der Waals surface area contributed by atoms with Crippen LogP contribution in [0.15, 0.2) is 30.5 Å². The molecule has 2 rings (SSSR count). The smallest absolute Gasteiger partial charge is 0.388 e. The van der Waals surface area contributed by atoms with Gasteiger partial charge in [-0.3, -0.25) is 4.79 Å². The van der Waals surface area contributed by atoms with Crippen LogP contribution in [-0.4, -0.2) is 25.7 Å². The molecule has 0 aliphatic heterocycles. The third-order valence-electron chi connectivity index (χ3n) is 6.68. The second-order valence-corrected chi connectivity index (χ2v) is 9.15. The maximum atomic E-state index is 13.1. The number of carbonyl (C=O) groups excluding carboxylic acids is 1. The standard InChI is InChI=1S/C25H38F3N3O/c1-6-19(4)29-17-24(13-9-8-10-14-24)16-23(32)30-22(7-2)31(5)21-12-11-20(15-18(21)3)25(26,27)28/h11-12,15,22,29H,4,6-10,13-14,16-17H2,1-3,5H3,(H,30,32). The van der Waals surface area contributed by atoms with Gasteiger partial charge in [-0.15, -0.1) is 0 Å². The summed E-state index contributed by atoms with van der Waals surface area (Å²) in [5.41, 5.74) is 1.45. The first-order chi connectivity index (χ1) is 15.0. The highest BCUT2D eigenvalue weighted by Gasteiger charge is 2.35. The summed E-state index contributed by atoms with van der Waals surface area (Å²) in [6.07, 6.45) is 2.73. The number of benzene rings is 1. The van der Waals surface area contributed by atoms with Gasteiger partial charge in [0.1, 0.15) is 6.17 Å². The highest BCUT2D eigenvalue weighted by atomic mass is 19.4. The molecule has 1 unspecified atom stereocenters. The number of nitrogens with one attached hydrogen (secondary N) is 2. The van der Waals surface area contributed by atoms with Crippen LogP contribution in [0.4, 0.5) is 18.9 Å². The van der Waals surface area contributed by atoms with Gasteiger partial charge in [-0.25, -0.2) is 0 Å². The molecule has 2 N–H and O–H groups in total. The number of amides is 1. The summed E-state index contributed by atoms with van der Waals surface area (Å²) in [5, 5.41) is 6.54. The third-order valence-corrected chi connectivity index (χ3v) is 6.68. The van der Waals surface area contributed by atoms with Gasteiger partial charge in [-0.05, 0) is 61.8 Å². The summed E-state index contributed by atoms with van der Waals surface area (Å²) in [5.74, 6) is -0.0147. The zero-order valence-electron chi connectivity index (χ0n) is 19.9. The summed E-state index contributed by atoms with van der Waals surface area (Å²) in [6, 6.07) is 3.73. The first-order valence-corrected chi connectivity index (χ1v) is 11.6. The Morgan fingerprint density at radius 2 is 1.88 bits per heavy atom. The summed E-state index contributed by atoms with van der Waals surface area (Å²) in [7, 11) is 1.81. The molecule has 1 amide bonds. The van der Waals surface area contributed by atoms with Gasteiger partial charge < -0.3 is 15.5 Å². The number of nitrogens with zero attached hydrogens (tertiary/aromatic N) is 1. The van der Waals surface area contributed by atoms with Crippen molar-refractivity contribution in [2.24, 2.45) is 5.41 Å². The Morgan fingerprint density at radius 1 is 1.22 bits per heavy atom. The lowest BCUT2D eigenvalue weighted by Gasteiger charge is -2.38. The Labute approximate surface area is 190 Å². The molecule has 180 valence electrons.